The van der Waals surface area contributed by atoms with Crippen molar-refractivity contribution in [2.75, 3.05) is 26.7 Å². The Balaban J connectivity index is 2.05. The van der Waals surface area contributed by atoms with E-state index in [0.29, 0.717) is 13.0 Å². The molecule has 1 N–H and O–H groups in total. The second-order valence-electron chi connectivity index (χ2n) is 8.24. The maximum absolute atomic E-state index is 13.1. The van der Waals surface area contributed by atoms with Crippen LogP contribution in [0.3, 0.4) is 0 Å². The predicted octanol–water partition coefficient (Wildman–Crippen LogP) is 3.89. The SMILES string of the molecule is CN1CC[C@@H](NC(=O)C(C)(C)COc2ncccc2C(F)(F)F)[C@H](CC(F)(F)F)C1. The number of aromatic nitrogens is 1. The van der Waals surface area contributed by atoms with Crippen LogP contribution in [0, 0.1) is 11.3 Å². The highest BCUT2D eigenvalue weighted by Crippen LogP contribution is 2.35. The zero-order valence-corrected chi connectivity index (χ0v) is 16.9. The maximum Gasteiger partial charge on any atom is 0.421 e. The number of pyridine rings is 1. The number of amides is 1. The molecule has 0 bridgehead atoms. The van der Waals surface area contributed by atoms with E-state index in [1.54, 1.807) is 11.9 Å². The van der Waals surface area contributed by atoms with Gasteiger partial charge in [0.05, 0.1) is 5.41 Å². The fourth-order valence-corrected chi connectivity index (χ4v) is 3.31. The molecule has 0 radical (unpaired) electrons. The number of piperidine rings is 1. The van der Waals surface area contributed by atoms with Crippen LogP contribution in [0.1, 0.15) is 32.3 Å². The highest BCUT2D eigenvalue weighted by atomic mass is 19.4. The van der Waals surface area contributed by atoms with E-state index in [-0.39, 0.29) is 6.54 Å². The Labute approximate surface area is 170 Å². The molecular weight excluding hydrogens is 416 g/mol. The topological polar surface area (TPSA) is 54.5 Å². The van der Waals surface area contributed by atoms with E-state index in [4.69, 9.17) is 4.74 Å². The minimum atomic E-state index is -4.67. The smallest absolute Gasteiger partial charge is 0.421 e. The van der Waals surface area contributed by atoms with E-state index >= 15 is 0 Å². The van der Waals surface area contributed by atoms with Gasteiger partial charge >= 0.3 is 12.4 Å². The molecule has 0 unspecified atom stereocenters. The molecule has 1 saturated heterocycles. The quantitative estimate of drug-likeness (QED) is 0.681. The van der Waals surface area contributed by atoms with Crippen molar-refractivity contribution in [2.24, 2.45) is 11.3 Å². The van der Waals surface area contributed by atoms with Gasteiger partial charge < -0.3 is 15.0 Å². The van der Waals surface area contributed by atoms with Gasteiger partial charge in [0, 0.05) is 31.1 Å². The molecule has 2 heterocycles. The number of halogens is 6. The third kappa shape index (κ3) is 6.75. The predicted molar refractivity (Wildman–Crippen MR) is 96.7 cm³/mol. The van der Waals surface area contributed by atoms with Crippen molar-refractivity contribution in [3.8, 4) is 5.88 Å². The number of nitrogens with zero attached hydrogens (tertiary/aromatic N) is 2. The summed E-state index contributed by atoms with van der Waals surface area (Å²) >= 11 is 0. The van der Waals surface area contributed by atoms with Crippen molar-refractivity contribution < 1.29 is 35.9 Å². The Morgan fingerprint density at radius 2 is 1.93 bits per heavy atom. The molecule has 0 saturated carbocycles. The summed E-state index contributed by atoms with van der Waals surface area (Å²) in [5.41, 5.74) is -2.35. The van der Waals surface area contributed by atoms with Crippen molar-refractivity contribution in [2.45, 2.75) is 45.1 Å². The Morgan fingerprint density at radius 3 is 2.53 bits per heavy atom. The second kappa shape index (κ2) is 8.99. The van der Waals surface area contributed by atoms with Gasteiger partial charge in [-0.1, -0.05) is 0 Å². The van der Waals surface area contributed by atoms with E-state index in [2.05, 4.69) is 10.3 Å². The van der Waals surface area contributed by atoms with Crippen LogP contribution in [0.5, 0.6) is 5.88 Å². The summed E-state index contributed by atoms with van der Waals surface area (Å²) < 4.78 is 83.0. The highest BCUT2D eigenvalue weighted by Gasteiger charge is 2.41. The van der Waals surface area contributed by atoms with Gasteiger partial charge in [0.1, 0.15) is 12.2 Å². The average Bonchev–Trinajstić information content (AvgIpc) is 2.60. The molecule has 1 aliphatic rings. The Morgan fingerprint density at radius 1 is 1.27 bits per heavy atom. The molecule has 170 valence electrons. The lowest BCUT2D eigenvalue weighted by Crippen LogP contribution is -2.54. The first-order chi connectivity index (χ1) is 13.7. The summed E-state index contributed by atoms with van der Waals surface area (Å²) in [6.45, 7) is 3.19. The Hall–Kier alpha value is -2.04. The van der Waals surface area contributed by atoms with Crippen molar-refractivity contribution in [3.63, 3.8) is 0 Å². The normalized spacial score (nSPS) is 21.4. The van der Waals surface area contributed by atoms with Gasteiger partial charge in [0.25, 0.3) is 0 Å². The third-order valence-electron chi connectivity index (χ3n) is 5.01. The van der Waals surface area contributed by atoms with Crippen LogP contribution in [0.25, 0.3) is 0 Å². The van der Waals surface area contributed by atoms with E-state index < -0.39 is 60.1 Å². The van der Waals surface area contributed by atoms with E-state index in [1.165, 1.54) is 13.8 Å². The van der Waals surface area contributed by atoms with Gasteiger partial charge in [-0.05, 0) is 46.0 Å². The fraction of sp³-hybridized carbons (Fsp3) is 0.684. The minimum Gasteiger partial charge on any atom is -0.476 e. The standard InChI is InChI=1S/C19H25F6N3O2/c1-17(2,11-30-15-13(19(23,24)25)5-4-7-26-15)16(29)27-14-6-8-28(3)10-12(14)9-18(20,21)22/h4-5,7,12,14H,6,8-11H2,1-3H3,(H,27,29)/t12-,14-/m1/s1. The number of nitrogens with one attached hydrogen (secondary N) is 1. The van der Waals surface area contributed by atoms with Crippen LogP contribution < -0.4 is 10.1 Å². The number of hydrogen-bond donors (Lipinski definition) is 1. The van der Waals surface area contributed by atoms with Gasteiger partial charge in [0.15, 0.2) is 0 Å². The molecule has 1 fully saturated rings. The molecule has 1 amide bonds. The maximum atomic E-state index is 13.1. The lowest BCUT2D eigenvalue weighted by atomic mass is 9.87. The number of carbonyl (C=O) groups is 1. The Bertz CT molecular complexity index is 736. The molecular formula is C19H25F6N3O2. The van der Waals surface area contributed by atoms with Crippen LogP contribution in [0.2, 0.25) is 0 Å². The highest BCUT2D eigenvalue weighted by molar-refractivity contribution is 5.82. The second-order valence-corrected chi connectivity index (χ2v) is 8.24. The first kappa shape index (κ1) is 24.2. The molecule has 2 atom stereocenters. The van der Waals surface area contributed by atoms with E-state index in [9.17, 15) is 31.1 Å². The monoisotopic (exact) mass is 441 g/mol. The molecule has 5 nitrogen and oxygen atoms in total. The van der Waals surface area contributed by atoms with Crippen LogP contribution >= 0.6 is 0 Å². The molecule has 2 rings (SSSR count). The zero-order valence-electron chi connectivity index (χ0n) is 16.9. The van der Waals surface area contributed by atoms with Crippen molar-refractivity contribution in [1.29, 1.82) is 0 Å². The van der Waals surface area contributed by atoms with Gasteiger partial charge in [-0.25, -0.2) is 4.98 Å². The van der Waals surface area contributed by atoms with Crippen molar-refractivity contribution >= 4 is 5.91 Å². The summed E-state index contributed by atoms with van der Waals surface area (Å²) in [6, 6.07) is 1.25. The lowest BCUT2D eigenvalue weighted by molar-refractivity contribution is -0.152. The number of likely N-dealkylation sites (tertiary alicyclic amines) is 1. The van der Waals surface area contributed by atoms with Crippen molar-refractivity contribution in [3.05, 3.63) is 23.9 Å². The van der Waals surface area contributed by atoms with Crippen molar-refractivity contribution in [1.82, 2.24) is 15.2 Å². The van der Waals surface area contributed by atoms with E-state index in [0.717, 1.165) is 18.3 Å². The molecule has 1 aromatic rings. The summed E-state index contributed by atoms with van der Waals surface area (Å²) in [6.07, 6.45) is -8.58. The zero-order chi connectivity index (χ0) is 22.7. The number of ether oxygens (including phenoxy) is 1. The molecule has 1 aromatic heterocycles. The number of rotatable bonds is 6. The van der Waals surface area contributed by atoms with Gasteiger partial charge in [0.2, 0.25) is 11.8 Å². The first-order valence-corrected chi connectivity index (χ1v) is 9.40. The van der Waals surface area contributed by atoms with Gasteiger partial charge in [-0.2, -0.15) is 26.3 Å². The van der Waals surface area contributed by atoms with Crippen LogP contribution in [0.15, 0.2) is 18.3 Å². The van der Waals surface area contributed by atoms with Crippen LogP contribution in [-0.2, 0) is 11.0 Å². The molecule has 11 heteroatoms. The average molecular weight is 441 g/mol. The van der Waals surface area contributed by atoms with Gasteiger partial charge in [-0.15, -0.1) is 0 Å². The summed E-state index contributed by atoms with van der Waals surface area (Å²) in [4.78, 5) is 18.1. The largest absolute Gasteiger partial charge is 0.476 e. The molecule has 1 aliphatic heterocycles. The summed E-state index contributed by atoms with van der Waals surface area (Å²) in [7, 11) is 1.71. The number of alkyl halides is 6. The van der Waals surface area contributed by atoms with E-state index in [1.807, 2.05) is 0 Å². The molecule has 0 aromatic carbocycles. The summed E-state index contributed by atoms with van der Waals surface area (Å²) in [5, 5.41) is 2.65. The third-order valence-corrected chi connectivity index (χ3v) is 5.01. The summed E-state index contributed by atoms with van der Waals surface area (Å²) in [5.74, 6) is -2.05. The molecule has 0 aliphatic carbocycles. The van der Waals surface area contributed by atoms with Gasteiger partial charge in [-0.3, -0.25) is 4.79 Å². The molecule has 0 spiro atoms. The fourth-order valence-electron chi connectivity index (χ4n) is 3.31. The molecule has 30 heavy (non-hydrogen) atoms. The van der Waals surface area contributed by atoms with Crippen LogP contribution in [0.4, 0.5) is 26.3 Å². The lowest BCUT2D eigenvalue weighted by Gasteiger charge is -2.39. The number of carbonyl (C=O) groups excluding carboxylic acids is 1. The van der Waals surface area contributed by atoms with Crippen LogP contribution in [-0.4, -0.2) is 54.8 Å². The Kier molecular flexibility index (Phi) is 7.26. The first-order valence-electron chi connectivity index (χ1n) is 9.40. The number of hydrogen-bond acceptors (Lipinski definition) is 4. The minimum absolute atomic E-state index is 0.185.